The van der Waals surface area contributed by atoms with Crippen molar-refractivity contribution in [2.45, 2.75) is 71.1 Å². The molecule has 0 heterocycles. The molecule has 0 saturated carbocycles. The first kappa shape index (κ1) is 41.6. The zero-order valence-corrected chi connectivity index (χ0v) is 37.5. The van der Waals surface area contributed by atoms with Crippen molar-refractivity contribution < 1.29 is 51.8 Å². The Balaban J connectivity index is 0.000000237. The summed E-state index contributed by atoms with van der Waals surface area (Å²) in [6, 6.07) is 51.7. The summed E-state index contributed by atoms with van der Waals surface area (Å²) in [7, 11) is 0. The SMILES string of the molecule is CC(C)([C](=[Zr+2])C(C)(C)c1ccccc1)c1ccccc1.[2H]c1ccccc1-c1ccc2c(c1)[cH-]c1cc(-c3ccccc3[2H])c(C(C)(C)C)cc12.[C-]1=CC=CC1.[Cl-].[Cl-]. The van der Waals surface area contributed by atoms with Crippen LogP contribution in [-0.4, -0.2) is 3.21 Å². The second-order valence-corrected chi connectivity index (χ2v) is 17.3. The molecule has 0 aliphatic heterocycles. The maximum atomic E-state index is 8.45. The van der Waals surface area contributed by atoms with E-state index in [1.54, 1.807) is 3.21 Å². The van der Waals surface area contributed by atoms with Crippen molar-refractivity contribution in [3.8, 4) is 22.3 Å². The molecule has 0 radical (unpaired) electrons. The molecule has 0 nitrogen and oxygen atoms in total. The van der Waals surface area contributed by atoms with E-state index in [2.05, 4.69) is 158 Å². The topological polar surface area (TPSA) is 0 Å². The van der Waals surface area contributed by atoms with Crippen LogP contribution in [0.3, 0.4) is 0 Å². The van der Waals surface area contributed by atoms with Crippen molar-refractivity contribution >= 4 is 24.8 Å². The van der Waals surface area contributed by atoms with Crippen LogP contribution < -0.4 is 24.8 Å². The van der Waals surface area contributed by atoms with E-state index in [1.165, 1.54) is 62.5 Å². The van der Waals surface area contributed by atoms with E-state index in [0.717, 1.165) is 28.7 Å². The number of halogens is 2. The molecule has 56 heavy (non-hydrogen) atoms. The van der Waals surface area contributed by atoms with Gasteiger partial charge in [0.05, 0.1) is 2.74 Å². The molecular formula is C53H52Cl2Zr-2. The molecule has 0 aromatic heterocycles. The van der Waals surface area contributed by atoms with Gasteiger partial charge in [-0.25, -0.2) is 12.2 Å². The molecule has 0 amide bonds. The van der Waals surface area contributed by atoms with Crippen LogP contribution in [0.25, 0.3) is 43.8 Å². The Morgan fingerprint density at radius 1 is 0.589 bits per heavy atom. The average Bonchev–Trinajstić information content (AvgIpc) is 3.90. The van der Waals surface area contributed by atoms with E-state index < -0.39 is 0 Å². The Kier molecular flexibility index (Phi) is 14.4. The van der Waals surface area contributed by atoms with Gasteiger partial charge in [0.15, 0.2) is 0 Å². The molecule has 0 bridgehead atoms. The Hall–Kier alpha value is -4.00. The zero-order chi connectivity index (χ0) is 40.1. The van der Waals surface area contributed by atoms with E-state index >= 15 is 0 Å². The third-order valence-corrected chi connectivity index (χ3v) is 13.6. The minimum Gasteiger partial charge on any atom is -1.00 e. The van der Waals surface area contributed by atoms with Gasteiger partial charge in [-0.3, -0.25) is 6.08 Å². The van der Waals surface area contributed by atoms with Crippen LogP contribution in [0.15, 0.2) is 176 Å². The fourth-order valence-electron chi connectivity index (χ4n) is 7.33. The van der Waals surface area contributed by atoms with Gasteiger partial charge in [-0.2, -0.15) is 6.08 Å². The summed E-state index contributed by atoms with van der Waals surface area (Å²) in [6.45, 7) is 16.1. The van der Waals surface area contributed by atoms with Crippen LogP contribution in [0, 0.1) is 6.08 Å². The van der Waals surface area contributed by atoms with Crippen molar-refractivity contribution in [3.63, 3.8) is 0 Å². The summed E-state index contributed by atoms with van der Waals surface area (Å²) in [5.41, 5.74) is 8.34. The molecule has 0 atom stereocenters. The standard InChI is InChI=1S/C29H25.C19H22.C5H5.2ClH.Zr/c1-29(2,3)28-19-26-24(18-27(28)21-12-8-5-9-13-21)17-23-16-22(14-15-25(23)26)20-10-6-4-7-11-20;1-18(2,16-11-7-5-8-12-16)15-19(3,4)17-13-9-6-10-14-17;1-2-4-5-3-1;;;/h4-19H,1-3H3;5-14H,1-4H3;1-3H,4H2;2*1H;/q-1;;-1;;;+2/p-2/i10D,12D;;;;;. The number of rotatable bonds is 6. The number of allylic oxidation sites excluding steroid dienone is 4. The molecule has 0 spiro atoms. The van der Waals surface area contributed by atoms with Crippen molar-refractivity contribution in [1.29, 1.82) is 0 Å². The van der Waals surface area contributed by atoms with Gasteiger partial charge in [0.25, 0.3) is 0 Å². The van der Waals surface area contributed by atoms with Crippen molar-refractivity contribution in [2.75, 3.05) is 0 Å². The molecule has 284 valence electrons. The molecular weight excluding hydrogens is 799 g/mol. The number of hydrogen-bond donors (Lipinski definition) is 0. The second-order valence-electron chi connectivity index (χ2n) is 16.1. The third-order valence-electron chi connectivity index (χ3n) is 10.5. The Morgan fingerprint density at radius 3 is 1.59 bits per heavy atom. The first-order valence-electron chi connectivity index (χ1n) is 19.9. The largest absolute Gasteiger partial charge is 1.00 e. The van der Waals surface area contributed by atoms with E-state index in [4.69, 9.17) is 2.74 Å². The van der Waals surface area contributed by atoms with Crippen LogP contribution >= 0.6 is 0 Å². The number of fused-ring (bicyclic) bond motifs is 3. The molecule has 1 aliphatic carbocycles. The van der Waals surface area contributed by atoms with E-state index in [0.29, 0.717) is 12.1 Å². The maximum absolute atomic E-state index is 8.45. The molecule has 0 unspecified atom stereocenters. The fourth-order valence-corrected chi connectivity index (χ4v) is 8.04. The fraction of sp³-hybridized carbons (Fsp3) is 0.208. The molecule has 7 aromatic rings. The molecule has 8 rings (SSSR count). The Morgan fingerprint density at radius 2 is 1.11 bits per heavy atom. The van der Waals surface area contributed by atoms with Gasteiger partial charge in [0.2, 0.25) is 0 Å². The number of benzene rings is 6. The van der Waals surface area contributed by atoms with Gasteiger partial charge < -0.3 is 24.8 Å². The van der Waals surface area contributed by atoms with Crippen molar-refractivity contribution in [3.05, 3.63) is 199 Å². The van der Waals surface area contributed by atoms with Gasteiger partial charge in [-0.1, -0.05) is 105 Å². The molecule has 0 saturated heterocycles. The summed E-state index contributed by atoms with van der Waals surface area (Å²) in [4.78, 5) is 0. The van der Waals surface area contributed by atoms with E-state index in [-0.39, 0.29) is 41.1 Å². The monoisotopic (exact) mass is 850 g/mol. The minimum absolute atomic E-state index is 0. The smallest absolute Gasteiger partial charge is 0.0629 e. The maximum Gasteiger partial charge on any atom is 0.0629 e. The number of hydrogen-bond acceptors (Lipinski definition) is 0. The van der Waals surface area contributed by atoms with Crippen LogP contribution in [-0.2, 0) is 40.5 Å². The molecule has 7 aromatic carbocycles. The van der Waals surface area contributed by atoms with Gasteiger partial charge in [0, 0.05) is 0 Å². The van der Waals surface area contributed by atoms with Gasteiger partial charge >= 0.3 is 138 Å². The predicted molar refractivity (Wildman–Crippen MR) is 232 cm³/mol. The van der Waals surface area contributed by atoms with Gasteiger partial charge in [-0.05, 0) is 27.7 Å². The predicted octanol–water partition coefficient (Wildman–Crippen LogP) is 8.32. The average molecular weight is 853 g/mol. The first-order valence-corrected chi connectivity index (χ1v) is 20.1. The van der Waals surface area contributed by atoms with Gasteiger partial charge in [-0.15, -0.1) is 46.2 Å². The second kappa shape index (κ2) is 19.4. The Labute approximate surface area is 366 Å². The summed E-state index contributed by atoms with van der Waals surface area (Å²) < 4.78 is 18.3. The van der Waals surface area contributed by atoms with Crippen molar-refractivity contribution in [1.82, 2.24) is 0 Å². The quantitative estimate of drug-likeness (QED) is 0.148. The first-order chi connectivity index (χ1) is 26.7. The Bertz CT molecular complexity index is 2460. The molecule has 3 heteroatoms. The summed E-state index contributed by atoms with van der Waals surface area (Å²) in [6.07, 6.45) is 10.0. The third kappa shape index (κ3) is 10.3. The normalized spacial score (nSPS) is 12.7. The van der Waals surface area contributed by atoms with Gasteiger partial charge in [0.1, 0.15) is 0 Å². The van der Waals surface area contributed by atoms with Crippen LogP contribution in [0.4, 0.5) is 0 Å². The van der Waals surface area contributed by atoms with Crippen LogP contribution in [0.1, 0.15) is 74.3 Å². The molecule has 0 fully saturated rings. The summed E-state index contributed by atoms with van der Waals surface area (Å²) in [5, 5.41) is 4.86. The van der Waals surface area contributed by atoms with Crippen LogP contribution in [0.2, 0.25) is 0 Å². The minimum atomic E-state index is -0.0422. The summed E-state index contributed by atoms with van der Waals surface area (Å²) in [5.74, 6) is 0. The molecule has 1 aliphatic rings. The summed E-state index contributed by atoms with van der Waals surface area (Å²) >= 11 is 1.51. The van der Waals surface area contributed by atoms with E-state index in [1.807, 2.05) is 60.7 Å². The van der Waals surface area contributed by atoms with Crippen molar-refractivity contribution in [2.24, 2.45) is 0 Å². The molecule has 0 N–H and O–H groups in total. The zero-order valence-electron chi connectivity index (χ0n) is 35.6. The van der Waals surface area contributed by atoms with Crippen LogP contribution in [0.5, 0.6) is 0 Å². The van der Waals surface area contributed by atoms with E-state index in [9.17, 15) is 0 Å².